The highest BCUT2D eigenvalue weighted by atomic mass is 32.2. The molecule has 5 rings (SSSR count). The van der Waals surface area contributed by atoms with E-state index in [-0.39, 0.29) is 36.6 Å². The zero-order valence-electron chi connectivity index (χ0n) is 23.2. The number of aromatic amines is 1. The molecule has 224 valence electrons. The number of fused-ring (bicyclic) bond motifs is 1. The van der Waals surface area contributed by atoms with Crippen molar-refractivity contribution in [3.05, 3.63) is 64.9 Å². The van der Waals surface area contributed by atoms with E-state index in [1.54, 1.807) is 18.2 Å². The van der Waals surface area contributed by atoms with Gasteiger partial charge in [-0.25, -0.2) is 17.2 Å². The van der Waals surface area contributed by atoms with Gasteiger partial charge in [0.1, 0.15) is 11.6 Å². The Labute approximate surface area is 241 Å². The molecule has 0 bridgehead atoms. The number of H-pyrrole nitrogens is 1. The lowest BCUT2D eigenvalue weighted by Gasteiger charge is -2.34. The Kier molecular flexibility index (Phi) is 8.28. The molecule has 3 aromatic rings. The summed E-state index contributed by atoms with van der Waals surface area (Å²) in [6, 6.07) is 6.44. The third-order valence-electron chi connectivity index (χ3n) is 7.39. The van der Waals surface area contributed by atoms with Crippen LogP contribution in [0.4, 0.5) is 26.0 Å². The van der Waals surface area contributed by atoms with E-state index >= 15 is 0 Å². The summed E-state index contributed by atoms with van der Waals surface area (Å²) < 4.78 is 55.0. The van der Waals surface area contributed by atoms with Gasteiger partial charge in [-0.3, -0.25) is 14.7 Å². The number of anilines is 3. The molecule has 15 heteroatoms. The topological polar surface area (TPSA) is 157 Å². The van der Waals surface area contributed by atoms with Crippen molar-refractivity contribution in [1.29, 1.82) is 0 Å². The van der Waals surface area contributed by atoms with E-state index in [2.05, 4.69) is 30.6 Å². The van der Waals surface area contributed by atoms with Gasteiger partial charge in [-0.15, -0.1) is 0 Å². The maximum atomic E-state index is 13.8. The quantitative estimate of drug-likeness (QED) is 0.319. The number of likely N-dealkylation sites (N-methyl/N-ethyl adjacent to an activating group) is 1. The van der Waals surface area contributed by atoms with Crippen molar-refractivity contribution in [2.45, 2.75) is 30.8 Å². The minimum Gasteiger partial charge on any atom is -0.369 e. The third-order valence-corrected chi connectivity index (χ3v) is 9.21. The second-order valence-electron chi connectivity index (χ2n) is 10.5. The van der Waals surface area contributed by atoms with Gasteiger partial charge in [0.15, 0.2) is 5.82 Å². The second kappa shape index (κ2) is 11.8. The van der Waals surface area contributed by atoms with Gasteiger partial charge in [0.25, 0.3) is 5.91 Å². The van der Waals surface area contributed by atoms with Crippen molar-refractivity contribution in [3.63, 3.8) is 0 Å². The molecule has 42 heavy (non-hydrogen) atoms. The normalized spacial score (nSPS) is 17.0. The van der Waals surface area contributed by atoms with Gasteiger partial charge in [-0.1, -0.05) is 0 Å². The van der Waals surface area contributed by atoms with Crippen molar-refractivity contribution in [1.82, 2.24) is 19.4 Å². The van der Waals surface area contributed by atoms with Crippen molar-refractivity contribution in [2.24, 2.45) is 5.73 Å². The highest BCUT2D eigenvalue weighted by Crippen LogP contribution is 2.30. The van der Waals surface area contributed by atoms with Crippen LogP contribution in [0.15, 0.2) is 41.3 Å². The number of sulfonamides is 1. The maximum absolute atomic E-state index is 13.8. The number of aromatic nitrogens is 2. The smallest absolute Gasteiger partial charge is 0.258 e. The fourth-order valence-corrected chi connectivity index (χ4v) is 6.37. The van der Waals surface area contributed by atoms with Crippen molar-refractivity contribution in [3.8, 4) is 0 Å². The van der Waals surface area contributed by atoms with Crippen molar-refractivity contribution in [2.75, 3.05) is 55.3 Å². The number of halogens is 2. The summed E-state index contributed by atoms with van der Waals surface area (Å²) in [5.41, 5.74) is 8.08. The van der Waals surface area contributed by atoms with E-state index in [0.29, 0.717) is 17.3 Å². The van der Waals surface area contributed by atoms with Crippen molar-refractivity contribution >= 4 is 39.0 Å². The van der Waals surface area contributed by atoms with Crippen LogP contribution in [0.25, 0.3) is 0 Å². The summed E-state index contributed by atoms with van der Waals surface area (Å²) in [5, 5.41) is 12.5. The molecule has 1 fully saturated rings. The first-order chi connectivity index (χ1) is 19.9. The van der Waals surface area contributed by atoms with E-state index in [9.17, 15) is 26.8 Å². The lowest BCUT2D eigenvalue weighted by Crippen LogP contribution is -2.44. The first-order valence-corrected chi connectivity index (χ1v) is 14.8. The SMILES string of the molecule is C[C@@H](N)C(=O)Nc1cc(N2CCN(C)CC2)ccc1C(=O)Nc1n[nH]c2c1CN(S(=O)(=O)c1cc(F)cc(F)c1)CC2. The fourth-order valence-electron chi connectivity index (χ4n) is 4.92. The highest BCUT2D eigenvalue weighted by Gasteiger charge is 2.32. The Morgan fingerprint density at radius 3 is 2.38 bits per heavy atom. The van der Waals surface area contributed by atoms with E-state index in [0.717, 1.165) is 48.3 Å². The molecule has 3 heterocycles. The molecule has 1 aromatic heterocycles. The molecule has 1 saturated heterocycles. The van der Waals surface area contributed by atoms with Crippen LogP contribution < -0.4 is 21.3 Å². The molecule has 0 unspecified atom stereocenters. The number of hydrogen-bond acceptors (Lipinski definition) is 8. The Balaban J connectivity index is 1.39. The van der Waals surface area contributed by atoms with Gasteiger partial charge in [0, 0.05) is 68.7 Å². The van der Waals surface area contributed by atoms with Crippen LogP contribution in [0.1, 0.15) is 28.5 Å². The van der Waals surface area contributed by atoms with Gasteiger partial charge in [-0.2, -0.15) is 9.40 Å². The number of hydrogen-bond donors (Lipinski definition) is 4. The number of nitrogens with two attached hydrogens (primary N) is 1. The van der Waals surface area contributed by atoms with Crippen molar-refractivity contribution < 1.29 is 26.8 Å². The standard InChI is InChI=1S/C27H32F2N8O4S/c1-16(30)26(38)31-24-14-19(36-9-7-35(2)8-10-36)3-4-21(24)27(39)32-25-22-15-37(6-5-23(22)33-34-25)42(40,41)20-12-17(28)11-18(29)13-20/h3-4,11-14,16H,5-10,15,30H2,1-2H3,(H,31,38)(H2,32,33,34,39)/t16-/m1/s1. The van der Waals surface area contributed by atoms with Gasteiger partial charge >= 0.3 is 0 Å². The average Bonchev–Trinajstić information content (AvgIpc) is 3.34. The number of carbonyl (C=O) groups is 2. The lowest BCUT2D eigenvalue weighted by molar-refractivity contribution is -0.117. The summed E-state index contributed by atoms with van der Waals surface area (Å²) in [5.74, 6) is -2.96. The van der Waals surface area contributed by atoms with Gasteiger partial charge in [0.2, 0.25) is 15.9 Å². The maximum Gasteiger partial charge on any atom is 0.258 e. The molecule has 12 nitrogen and oxygen atoms in total. The molecule has 0 radical (unpaired) electrons. The van der Waals surface area contributed by atoms with Crippen LogP contribution in [0, 0.1) is 11.6 Å². The number of nitrogens with one attached hydrogen (secondary N) is 3. The third kappa shape index (κ3) is 6.13. The predicted molar refractivity (Wildman–Crippen MR) is 153 cm³/mol. The van der Waals surface area contributed by atoms with Crippen LogP contribution in [0.5, 0.6) is 0 Å². The predicted octanol–water partition coefficient (Wildman–Crippen LogP) is 1.72. The molecule has 5 N–H and O–H groups in total. The van der Waals surface area contributed by atoms with E-state index in [1.165, 1.54) is 6.92 Å². The Morgan fingerprint density at radius 2 is 1.71 bits per heavy atom. The largest absolute Gasteiger partial charge is 0.369 e. The molecule has 1 atom stereocenters. The Morgan fingerprint density at radius 1 is 1.02 bits per heavy atom. The number of carbonyl (C=O) groups excluding carboxylic acids is 2. The molecule has 0 aliphatic carbocycles. The van der Waals surface area contributed by atoms with Crippen LogP contribution in [-0.2, 0) is 27.8 Å². The molecule has 0 spiro atoms. The molecule has 2 aromatic carbocycles. The number of benzene rings is 2. The minimum absolute atomic E-state index is 0.0459. The lowest BCUT2D eigenvalue weighted by atomic mass is 10.1. The Bertz CT molecular complexity index is 1600. The van der Waals surface area contributed by atoms with Gasteiger partial charge < -0.3 is 26.2 Å². The van der Waals surface area contributed by atoms with Crippen LogP contribution in [-0.4, -0.2) is 85.4 Å². The van der Waals surface area contributed by atoms with Gasteiger partial charge in [0.05, 0.1) is 22.2 Å². The number of rotatable bonds is 7. The average molecular weight is 603 g/mol. The monoisotopic (exact) mass is 602 g/mol. The second-order valence-corrected chi connectivity index (χ2v) is 12.4. The first-order valence-electron chi connectivity index (χ1n) is 13.4. The number of piperazine rings is 1. The minimum atomic E-state index is -4.24. The van der Waals surface area contributed by atoms with E-state index < -0.39 is 44.4 Å². The first kappa shape index (κ1) is 29.6. The molecule has 2 amide bonds. The molecule has 2 aliphatic heterocycles. The summed E-state index contributed by atoms with van der Waals surface area (Å²) in [6.45, 7) is 4.70. The summed E-state index contributed by atoms with van der Waals surface area (Å²) in [4.78, 5) is 29.9. The van der Waals surface area contributed by atoms with E-state index in [1.807, 2.05) is 7.05 Å². The summed E-state index contributed by atoms with van der Waals surface area (Å²) in [6.07, 6.45) is 0.241. The highest BCUT2D eigenvalue weighted by molar-refractivity contribution is 7.89. The molecule has 2 aliphatic rings. The van der Waals surface area contributed by atoms with Crippen LogP contribution >= 0.6 is 0 Å². The zero-order chi connectivity index (χ0) is 30.2. The van der Waals surface area contributed by atoms with Crippen LogP contribution in [0.3, 0.4) is 0 Å². The van der Waals surface area contributed by atoms with E-state index in [4.69, 9.17) is 5.73 Å². The van der Waals surface area contributed by atoms with Gasteiger partial charge in [-0.05, 0) is 44.3 Å². The summed E-state index contributed by atoms with van der Waals surface area (Å²) in [7, 11) is -2.20. The molecular weight excluding hydrogens is 570 g/mol. The summed E-state index contributed by atoms with van der Waals surface area (Å²) >= 11 is 0. The number of nitrogens with zero attached hydrogens (tertiary/aromatic N) is 4. The zero-order valence-corrected chi connectivity index (χ0v) is 24.0. The van der Waals surface area contributed by atoms with Crippen LogP contribution in [0.2, 0.25) is 0 Å². The molecule has 0 saturated carbocycles. The number of amides is 2. The molecular formula is C27H32F2N8O4S. The fraction of sp³-hybridized carbons (Fsp3) is 0.370. The Hall–Kier alpha value is -3.92.